The predicted octanol–water partition coefficient (Wildman–Crippen LogP) is 4.93. The van der Waals surface area contributed by atoms with Crippen LogP contribution < -0.4 is 0 Å². The lowest BCUT2D eigenvalue weighted by molar-refractivity contribution is 0.0792. The SMILES string of the molecule is CCCCN(C)C(=O)c1cnn(-c2ccc(Cl)cc2Cl)c1C1CC1. The van der Waals surface area contributed by atoms with Crippen molar-refractivity contribution >= 4 is 29.1 Å². The second-order valence-electron chi connectivity index (χ2n) is 6.31. The van der Waals surface area contributed by atoms with E-state index in [2.05, 4.69) is 12.0 Å². The van der Waals surface area contributed by atoms with Gasteiger partial charge < -0.3 is 4.90 Å². The Morgan fingerprint density at radius 1 is 1.38 bits per heavy atom. The molecule has 0 bridgehead atoms. The van der Waals surface area contributed by atoms with Crippen LogP contribution in [0.3, 0.4) is 0 Å². The van der Waals surface area contributed by atoms with Gasteiger partial charge in [-0.1, -0.05) is 36.5 Å². The van der Waals surface area contributed by atoms with E-state index < -0.39 is 0 Å². The van der Waals surface area contributed by atoms with Gasteiger partial charge in [0.1, 0.15) is 0 Å². The van der Waals surface area contributed by atoms with Crippen molar-refractivity contribution in [3.63, 3.8) is 0 Å². The molecule has 0 aliphatic heterocycles. The minimum atomic E-state index is 0.0293. The van der Waals surface area contributed by atoms with Gasteiger partial charge in [0.05, 0.1) is 28.2 Å². The van der Waals surface area contributed by atoms with Crippen molar-refractivity contribution in [2.75, 3.05) is 13.6 Å². The van der Waals surface area contributed by atoms with E-state index in [1.54, 1.807) is 27.9 Å². The van der Waals surface area contributed by atoms with Crippen molar-refractivity contribution in [1.82, 2.24) is 14.7 Å². The summed E-state index contributed by atoms with van der Waals surface area (Å²) in [6, 6.07) is 5.33. The van der Waals surface area contributed by atoms with Crippen LogP contribution in [0.2, 0.25) is 10.0 Å². The van der Waals surface area contributed by atoms with Crippen LogP contribution in [0, 0.1) is 0 Å². The van der Waals surface area contributed by atoms with Crippen molar-refractivity contribution < 1.29 is 4.79 Å². The van der Waals surface area contributed by atoms with Gasteiger partial charge in [-0.15, -0.1) is 0 Å². The predicted molar refractivity (Wildman–Crippen MR) is 97.4 cm³/mol. The Labute approximate surface area is 152 Å². The molecule has 6 heteroatoms. The van der Waals surface area contributed by atoms with E-state index in [0.717, 1.165) is 43.6 Å². The molecule has 4 nitrogen and oxygen atoms in total. The minimum absolute atomic E-state index is 0.0293. The number of unbranched alkanes of at least 4 members (excludes halogenated alkanes) is 1. The third-order valence-corrected chi connectivity index (χ3v) is 4.87. The molecule has 2 aromatic rings. The lowest BCUT2D eigenvalue weighted by Gasteiger charge is -2.17. The molecule has 1 aliphatic rings. The summed E-state index contributed by atoms with van der Waals surface area (Å²) in [4.78, 5) is 14.6. The second kappa shape index (κ2) is 7.16. The Morgan fingerprint density at radius 3 is 2.75 bits per heavy atom. The first-order valence-corrected chi connectivity index (χ1v) is 9.07. The zero-order valence-electron chi connectivity index (χ0n) is 13.9. The number of halogens is 2. The number of carbonyl (C=O) groups is 1. The first-order valence-electron chi connectivity index (χ1n) is 8.31. The largest absolute Gasteiger partial charge is 0.342 e. The zero-order valence-corrected chi connectivity index (χ0v) is 15.4. The van der Waals surface area contributed by atoms with E-state index in [1.165, 1.54) is 0 Å². The van der Waals surface area contributed by atoms with Gasteiger partial charge in [0.15, 0.2) is 0 Å². The summed E-state index contributed by atoms with van der Waals surface area (Å²) >= 11 is 12.3. The average Bonchev–Trinajstić information content (AvgIpc) is 3.31. The van der Waals surface area contributed by atoms with Crippen LogP contribution in [0.25, 0.3) is 5.69 Å². The quantitative estimate of drug-likeness (QED) is 0.727. The molecule has 0 N–H and O–H groups in total. The molecule has 0 spiro atoms. The molecule has 1 aromatic heterocycles. The first kappa shape index (κ1) is 17.3. The van der Waals surface area contributed by atoms with E-state index in [0.29, 0.717) is 21.5 Å². The number of amides is 1. The van der Waals surface area contributed by atoms with E-state index >= 15 is 0 Å². The molecule has 0 atom stereocenters. The van der Waals surface area contributed by atoms with E-state index in [-0.39, 0.29) is 5.91 Å². The molecule has 1 aromatic carbocycles. The highest BCUT2D eigenvalue weighted by Gasteiger charge is 2.34. The van der Waals surface area contributed by atoms with Gasteiger partial charge in [-0.05, 0) is 37.5 Å². The Hall–Kier alpha value is -1.52. The number of carbonyl (C=O) groups excluding carboxylic acids is 1. The van der Waals surface area contributed by atoms with Gasteiger partial charge in [-0.25, -0.2) is 4.68 Å². The fraction of sp³-hybridized carbons (Fsp3) is 0.444. The van der Waals surface area contributed by atoms with Crippen molar-refractivity contribution in [2.24, 2.45) is 0 Å². The third kappa shape index (κ3) is 3.45. The van der Waals surface area contributed by atoms with E-state index in [1.807, 2.05) is 13.1 Å². The van der Waals surface area contributed by atoms with E-state index in [4.69, 9.17) is 23.2 Å². The fourth-order valence-corrected chi connectivity index (χ4v) is 3.31. The van der Waals surface area contributed by atoms with Gasteiger partial charge >= 0.3 is 0 Å². The molecular weight excluding hydrogens is 345 g/mol. The number of aromatic nitrogens is 2. The molecule has 1 aliphatic carbocycles. The first-order chi connectivity index (χ1) is 11.5. The molecule has 0 radical (unpaired) electrons. The molecule has 1 heterocycles. The normalized spacial score (nSPS) is 14.0. The van der Waals surface area contributed by atoms with Crippen LogP contribution >= 0.6 is 23.2 Å². The summed E-state index contributed by atoms with van der Waals surface area (Å²) in [6.07, 6.45) is 5.89. The lowest BCUT2D eigenvalue weighted by Crippen LogP contribution is -2.28. The highest BCUT2D eigenvalue weighted by atomic mass is 35.5. The number of hydrogen-bond donors (Lipinski definition) is 0. The topological polar surface area (TPSA) is 38.1 Å². The maximum atomic E-state index is 12.8. The monoisotopic (exact) mass is 365 g/mol. The van der Waals surface area contributed by atoms with Crippen molar-refractivity contribution in [2.45, 2.75) is 38.5 Å². The van der Waals surface area contributed by atoms with Gasteiger partial charge in [-0.2, -0.15) is 5.10 Å². The van der Waals surface area contributed by atoms with Gasteiger partial charge in [0.2, 0.25) is 0 Å². The molecule has 128 valence electrons. The summed E-state index contributed by atoms with van der Waals surface area (Å²) in [7, 11) is 1.85. The Morgan fingerprint density at radius 2 is 2.12 bits per heavy atom. The maximum Gasteiger partial charge on any atom is 0.257 e. The molecule has 24 heavy (non-hydrogen) atoms. The lowest BCUT2D eigenvalue weighted by atomic mass is 10.1. The molecule has 1 amide bonds. The molecule has 1 fully saturated rings. The van der Waals surface area contributed by atoms with Crippen LogP contribution in [0.4, 0.5) is 0 Å². The fourth-order valence-electron chi connectivity index (χ4n) is 2.82. The number of benzene rings is 1. The summed E-state index contributed by atoms with van der Waals surface area (Å²) in [5, 5.41) is 5.58. The van der Waals surface area contributed by atoms with Crippen LogP contribution in [-0.4, -0.2) is 34.2 Å². The van der Waals surface area contributed by atoms with Crippen molar-refractivity contribution in [1.29, 1.82) is 0 Å². The van der Waals surface area contributed by atoms with Gasteiger partial charge in [0.25, 0.3) is 5.91 Å². The molecule has 3 rings (SSSR count). The Bertz CT molecular complexity index is 753. The van der Waals surface area contributed by atoms with Crippen molar-refractivity contribution in [3.8, 4) is 5.69 Å². The van der Waals surface area contributed by atoms with Crippen molar-refractivity contribution in [3.05, 3.63) is 45.7 Å². The summed E-state index contributed by atoms with van der Waals surface area (Å²) in [5.74, 6) is 0.402. The molecule has 0 saturated heterocycles. The smallest absolute Gasteiger partial charge is 0.257 e. The summed E-state index contributed by atoms with van der Waals surface area (Å²) in [5.41, 5.74) is 2.41. The van der Waals surface area contributed by atoms with Gasteiger partial charge in [-0.3, -0.25) is 4.79 Å². The summed E-state index contributed by atoms with van der Waals surface area (Å²) < 4.78 is 1.80. The average molecular weight is 366 g/mol. The van der Waals surface area contributed by atoms with Crippen LogP contribution in [0.15, 0.2) is 24.4 Å². The number of hydrogen-bond acceptors (Lipinski definition) is 2. The number of rotatable bonds is 6. The third-order valence-electron chi connectivity index (χ3n) is 4.33. The van der Waals surface area contributed by atoms with E-state index in [9.17, 15) is 4.79 Å². The minimum Gasteiger partial charge on any atom is -0.342 e. The zero-order chi connectivity index (χ0) is 17.3. The summed E-state index contributed by atoms with van der Waals surface area (Å²) in [6.45, 7) is 2.88. The molecular formula is C18H21Cl2N3O. The highest BCUT2D eigenvalue weighted by Crippen LogP contribution is 2.43. The standard InChI is InChI=1S/C18H21Cl2N3O/c1-3-4-9-22(2)18(24)14-11-21-23(17(14)12-5-6-12)16-8-7-13(19)10-15(16)20/h7-8,10-12H,3-6,9H2,1-2H3. The highest BCUT2D eigenvalue weighted by molar-refractivity contribution is 6.35. The maximum absolute atomic E-state index is 12.8. The Kier molecular flexibility index (Phi) is 5.16. The Balaban J connectivity index is 1.98. The number of nitrogens with zero attached hydrogens (tertiary/aromatic N) is 3. The molecule has 0 unspecified atom stereocenters. The van der Waals surface area contributed by atoms with Crippen LogP contribution in [0.1, 0.15) is 54.6 Å². The molecule has 1 saturated carbocycles. The van der Waals surface area contributed by atoms with Crippen LogP contribution in [0.5, 0.6) is 0 Å². The van der Waals surface area contributed by atoms with Gasteiger partial charge in [0, 0.05) is 24.5 Å². The second-order valence-corrected chi connectivity index (χ2v) is 7.15. The van der Waals surface area contributed by atoms with Crippen LogP contribution in [-0.2, 0) is 0 Å².